The fourth-order valence-electron chi connectivity index (χ4n) is 4.64. The van der Waals surface area contributed by atoms with Gasteiger partial charge >= 0.3 is 12.4 Å². The number of hydrogen-bond donors (Lipinski definition) is 1. The van der Waals surface area contributed by atoms with Crippen LogP contribution in [0.15, 0.2) is 90.3 Å². The lowest BCUT2D eigenvalue weighted by Crippen LogP contribution is -2.55. The first kappa shape index (κ1) is 27.3. The number of rotatable bonds is 6. The van der Waals surface area contributed by atoms with Crippen LogP contribution in [0.2, 0.25) is 0 Å². The van der Waals surface area contributed by atoms with E-state index in [2.05, 4.69) is 4.98 Å². The number of aromatic nitrogens is 1. The molecule has 1 atom stereocenters. The van der Waals surface area contributed by atoms with Gasteiger partial charge in [-0.25, -0.2) is 4.98 Å². The Kier molecular flexibility index (Phi) is 7.32. The highest BCUT2D eigenvalue weighted by atomic mass is 19.4. The van der Waals surface area contributed by atoms with Gasteiger partial charge in [-0.05, 0) is 59.4 Å². The number of alkyl halides is 6. The first-order valence-electron chi connectivity index (χ1n) is 11.9. The molecule has 1 aliphatic carbocycles. The van der Waals surface area contributed by atoms with Crippen molar-refractivity contribution in [1.82, 2.24) is 4.98 Å². The van der Waals surface area contributed by atoms with Crippen molar-refractivity contribution in [2.24, 2.45) is 5.92 Å². The standard InChI is InChI=1S/C29H25F6NO2/c1-3-19-5-4-6-20(16-19)21-7-14-26(36-17-21)38-24-11-8-22(9-12-24)27(28(30,31)32,29(33,34)35)23-10-13-25(37)18(2)15-23/h4-14,16-18,37H,3,15H2,1-2H3. The summed E-state index contributed by atoms with van der Waals surface area (Å²) in [6.07, 6.45) is -7.92. The van der Waals surface area contributed by atoms with Crippen LogP contribution in [-0.4, -0.2) is 22.4 Å². The molecule has 1 aromatic heterocycles. The zero-order chi connectivity index (χ0) is 27.7. The Labute approximate surface area is 216 Å². The molecule has 0 bridgehead atoms. The molecule has 1 unspecified atom stereocenters. The van der Waals surface area contributed by atoms with Crippen molar-refractivity contribution >= 4 is 0 Å². The van der Waals surface area contributed by atoms with Crippen molar-refractivity contribution in [1.29, 1.82) is 0 Å². The fraction of sp³-hybridized carbons (Fsp3) is 0.276. The van der Waals surface area contributed by atoms with Gasteiger partial charge < -0.3 is 9.84 Å². The lowest BCUT2D eigenvalue weighted by Gasteiger charge is -2.41. The predicted molar refractivity (Wildman–Crippen MR) is 132 cm³/mol. The summed E-state index contributed by atoms with van der Waals surface area (Å²) in [4.78, 5) is 4.22. The molecule has 9 heteroatoms. The van der Waals surface area contributed by atoms with Gasteiger partial charge in [-0.15, -0.1) is 0 Å². The number of ether oxygens (including phenoxy) is 1. The molecule has 1 N–H and O–H groups in total. The Morgan fingerprint density at radius 3 is 2.13 bits per heavy atom. The normalized spacial score (nSPS) is 16.6. The van der Waals surface area contributed by atoms with E-state index in [0.29, 0.717) is 6.08 Å². The summed E-state index contributed by atoms with van der Waals surface area (Å²) in [6.45, 7) is 3.41. The van der Waals surface area contributed by atoms with Crippen LogP contribution in [0.5, 0.6) is 11.6 Å². The highest BCUT2D eigenvalue weighted by molar-refractivity contribution is 5.63. The topological polar surface area (TPSA) is 42.4 Å². The SMILES string of the molecule is CCc1cccc(-c2ccc(Oc3ccc(C(C4=CC=C(O)C(C)C4)(C(F)(F)F)C(F)(F)F)cc3)nc2)c1. The molecule has 0 amide bonds. The van der Waals surface area contributed by atoms with Crippen molar-refractivity contribution in [2.45, 2.75) is 44.5 Å². The van der Waals surface area contributed by atoms with Crippen LogP contribution in [0.3, 0.4) is 0 Å². The van der Waals surface area contributed by atoms with E-state index in [1.54, 1.807) is 18.3 Å². The van der Waals surface area contributed by atoms with Gasteiger partial charge in [-0.2, -0.15) is 26.3 Å². The molecule has 2 aromatic carbocycles. The lowest BCUT2D eigenvalue weighted by molar-refractivity contribution is -0.290. The van der Waals surface area contributed by atoms with Crippen LogP contribution in [0.25, 0.3) is 11.1 Å². The molecule has 3 nitrogen and oxygen atoms in total. The number of aliphatic hydroxyl groups excluding tert-OH is 1. The van der Waals surface area contributed by atoms with Crippen molar-refractivity contribution in [2.75, 3.05) is 0 Å². The monoisotopic (exact) mass is 533 g/mol. The predicted octanol–water partition coefficient (Wildman–Crippen LogP) is 8.87. The van der Waals surface area contributed by atoms with E-state index in [4.69, 9.17) is 4.74 Å². The van der Waals surface area contributed by atoms with E-state index < -0.39 is 41.2 Å². The van der Waals surface area contributed by atoms with Gasteiger partial charge in [0.05, 0.1) is 5.76 Å². The summed E-state index contributed by atoms with van der Waals surface area (Å²) in [5.74, 6) is -0.994. The van der Waals surface area contributed by atoms with Gasteiger partial charge in [-0.3, -0.25) is 0 Å². The minimum absolute atomic E-state index is 0.0313. The highest BCUT2D eigenvalue weighted by Gasteiger charge is 2.73. The van der Waals surface area contributed by atoms with Crippen molar-refractivity contribution in [3.63, 3.8) is 0 Å². The molecular formula is C29H25F6NO2. The van der Waals surface area contributed by atoms with Gasteiger partial charge in [0.25, 0.3) is 0 Å². The third kappa shape index (κ3) is 5.01. The van der Waals surface area contributed by atoms with E-state index in [0.717, 1.165) is 53.5 Å². The van der Waals surface area contributed by atoms with Crippen LogP contribution >= 0.6 is 0 Å². The number of aryl methyl sites for hydroxylation is 1. The van der Waals surface area contributed by atoms with E-state index >= 15 is 0 Å². The Balaban J connectivity index is 1.65. The Hall–Kier alpha value is -3.75. The molecule has 3 aromatic rings. The molecular weight excluding hydrogens is 508 g/mol. The number of hydrogen-bond acceptors (Lipinski definition) is 3. The Bertz CT molecular complexity index is 1330. The van der Waals surface area contributed by atoms with Gasteiger partial charge in [-0.1, -0.05) is 56.3 Å². The van der Waals surface area contributed by atoms with E-state index in [-0.39, 0.29) is 17.4 Å². The summed E-state index contributed by atoms with van der Waals surface area (Å²) >= 11 is 0. The minimum Gasteiger partial charge on any atom is -0.512 e. The largest absolute Gasteiger partial charge is 0.512 e. The van der Waals surface area contributed by atoms with E-state index in [9.17, 15) is 31.4 Å². The molecule has 0 saturated heterocycles. The van der Waals surface area contributed by atoms with Gasteiger partial charge in [0, 0.05) is 23.7 Å². The third-order valence-electron chi connectivity index (χ3n) is 6.73. The second kappa shape index (κ2) is 10.2. The maximum absolute atomic E-state index is 14.4. The second-order valence-corrected chi connectivity index (χ2v) is 9.20. The Morgan fingerprint density at radius 2 is 1.58 bits per heavy atom. The van der Waals surface area contributed by atoms with E-state index in [1.807, 2.05) is 31.2 Å². The fourth-order valence-corrected chi connectivity index (χ4v) is 4.64. The van der Waals surface area contributed by atoms with Gasteiger partial charge in [0.1, 0.15) is 5.75 Å². The van der Waals surface area contributed by atoms with Gasteiger partial charge in [0.15, 0.2) is 0 Å². The molecule has 200 valence electrons. The molecule has 0 saturated carbocycles. The Morgan fingerprint density at radius 1 is 0.895 bits per heavy atom. The number of pyridine rings is 1. The zero-order valence-electron chi connectivity index (χ0n) is 20.6. The summed E-state index contributed by atoms with van der Waals surface area (Å²) in [5, 5.41) is 9.75. The van der Waals surface area contributed by atoms with Gasteiger partial charge in [0.2, 0.25) is 11.3 Å². The molecule has 0 spiro atoms. The van der Waals surface area contributed by atoms with Crippen LogP contribution in [0, 0.1) is 5.92 Å². The van der Waals surface area contributed by atoms with Crippen molar-refractivity contribution in [3.05, 3.63) is 101 Å². The molecule has 38 heavy (non-hydrogen) atoms. The lowest BCUT2D eigenvalue weighted by atomic mass is 9.68. The first-order chi connectivity index (χ1) is 17.9. The minimum atomic E-state index is -5.69. The summed E-state index contributed by atoms with van der Waals surface area (Å²) in [6, 6.07) is 14.9. The van der Waals surface area contributed by atoms with Crippen molar-refractivity contribution < 1.29 is 36.2 Å². The molecule has 0 radical (unpaired) electrons. The maximum atomic E-state index is 14.4. The van der Waals surface area contributed by atoms with E-state index in [1.165, 1.54) is 6.92 Å². The van der Waals surface area contributed by atoms with Crippen molar-refractivity contribution in [3.8, 4) is 22.8 Å². The highest BCUT2D eigenvalue weighted by Crippen LogP contribution is 2.58. The van der Waals surface area contributed by atoms with Crippen LogP contribution in [0.4, 0.5) is 26.3 Å². The molecule has 0 aliphatic heterocycles. The number of halogens is 6. The average molecular weight is 534 g/mol. The second-order valence-electron chi connectivity index (χ2n) is 9.20. The number of benzene rings is 2. The maximum Gasteiger partial charge on any atom is 0.410 e. The summed E-state index contributed by atoms with van der Waals surface area (Å²) in [5.41, 5.74) is -3.17. The third-order valence-corrected chi connectivity index (χ3v) is 6.73. The first-order valence-corrected chi connectivity index (χ1v) is 11.9. The zero-order valence-corrected chi connectivity index (χ0v) is 20.6. The average Bonchev–Trinajstić information content (AvgIpc) is 2.86. The number of aliphatic hydroxyl groups is 1. The molecule has 0 fully saturated rings. The van der Waals surface area contributed by atoms with Crippen LogP contribution in [-0.2, 0) is 11.8 Å². The molecule has 1 heterocycles. The number of allylic oxidation sites excluding steroid dienone is 4. The van der Waals surface area contributed by atoms with Crippen LogP contribution < -0.4 is 4.74 Å². The van der Waals surface area contributed by atoms with Crippen LogP contribution in [0.1, 0.15) is 31.4 Å². The number of nitrogens with zero attached hydrogens (tertiary/aromatic N) is 1. The quantitative estimate of drug-likeness (QED) is 0.322. The summed E-state index contributed by atoms with van der Waals surface area (Å²) < 4.78 is 91.7. The smallest absolute Gasteiger partial charge is 0.410 e. The molecule has 1 aliphatic rings. The summed E-state index contributed by atoms with van der Waals surface area (Å²) in [7, 11) is 0. The molecule has 4 rings (SSSR count).